The Morgan fingerprint density at radius 3 is 2.41 bits per heavy atom. The number of hydrogen-bond acceptors (Lipinski definition) is 9. The molecule has 13 nitrogen and oxygen atoms in total. The van der Waals surface area contributed by atoms with Crippen molar-refractivity contribution in [3.63, 3.8) is 0 Å². The number of phenolic OH excluding ortho intramolecular Hbond substituents is 1. The quantitative estimate of drug-likeness (QED) is 0.149. The third kappa shape index (κ3) is 8.76. The molecule has 15 heteroatoms. The Morgan fingerprint density at radius 1 is 1.12 bits per heavy atom. The number of anilines is 1. The number of aryl methyl sites for hydroxylation is 1. The fraction of sp³-hybridized carbons (Fsp3) is 0.471. The van der Waals surface area contributed by atoms with Gasteiger partial charge in [0.05, 0.1) is 39.5 Å². The number of rotatable bonds is 16. The van der Waals surface area contributed by atoms with Gasteiger partial charge < -0.3 is 30.2 Å². The topological polar surface area (TPSA) is 164 Å². The Kier molecular flexibility index (Phi) is 12.1. The number of nitrogens with one attached hydrogen (secondary N) is 1. The van der Waals surface area contributed by atoms with Crippen LogP contribution in [0.2, 0.25) is 0 Å². The van der Waals surface area contributed by atoms with E-state index >= 15 is 0 Å². The summed E-state index contributed by atoms with van der Waals surface area (Å²) >= 11 is 1.47. The Morgan fingerprint density at radius 2 is 1.82 bits per heavy atom. The highest BCUT2D eigenvalue weighted by atomic mass is 32.2. The maximum absolute atomic E-state index is 15.0. The van der Waals surface area contributed by atoms with Crippen molar-refractivity contribution < 1.29 is 33.0 Å². The number of aromatic nitrogens is 1. The largest absolute Gasteiger partial charge is 0.506 e. The molecule has 49 heavy (non-hydrogen) atoms. The standard InChI is InChI=1S/C34H46N6O7S2/c1-23(2)17-40(49(46,47)28-12-13-30(43)29(16-28)35-22-41)34(5,6)31(32(44)38(18-24(3)42)19-26-10-8-7-9-11-26)39-15-14-37(33(39)45)20-27-21-48-25(4)36-27/h7-13,16,21-24,31,42-43H,14-15,17-20H2,1-6H3,(H,35,41). The lowest BCUT2D eigenvalue weighted by molar-refractivity contribution is -0.141. The first-order chi connectivity index (χ1) is 23.1. The molecule has 0 spiro atoms. The molecule has 2 heterocycles. The maximum Gasteiger partial charge on any atom is 0.321 e. The second kappa shape index (κ2) is 15.7. The van der Waals surface area contributed by atoms with Gasteiger partial charge >= 0.3 is 6.03 Å². The van der Waals surface area contributed by atoms with Crippen molar-refractivity contribution in [1.82, 2.24) is 24.0 Å². The normalized spacial score (nSPS) is 15.2. The van der Waals surface area contributed by atoms with E-state index in [-0.39, 0.29) is 55.0 Å². The van der Waals surface area contributed by atoms with E-state index in [1.807, 2.05) is 56.5 Å². The molecule has 2 unspecified atom stereocenters. The zero-order chi connectivity index (χ0) is 36.1. The fourth-order valence-corrected chi connectivity index (χ4v) is 8.68. The molecule has 2 aromatic carbocycles. The summed E-state index contributed by atoms with van der Waals surface area (Å²) in [7, 11) is -4.42. The molecule has 0 aliphatic carbocycles. The lowest BCUT2D eigenvalue weighted by atomic mass is 9.90. The van der Waals surface area contributed by atoms with Crippen LogP contribution in [0.5, 0.6) is 5.75 Å². The van der Waals surface area contributed by atoms with Crippen LogP contribution in [0.4, 0.5) is 10.5 Å². The minimum absolute atomic E-state index is 0.0185. The highest BCUT2D eigenvalue weighted by Crippen LogP contribution is 2.36. The molecular weight excluding hydrogens is 669 g/mol. The van der Waals surface area contributed by atoms with Crippen molar-refractivity contribution in [1.29, 1.82) is 0 Å². The summed E-state index contributed by atoms with van der Waals surface area (Å²) in [6, 6.07) is 11.1. The number of amides is 4. The zero-order valence-electron chi connectivity index (χ0n) is 28.7. The van der Waals surface area contributed by atoms with Crippen LogP contribution >= 0.6 is 11.3 Å². The third-order valence-corrected chi connectivity index (χ3v) is 11.2. The summed E-state index contributed by atoms with van der Waals surface area (Å²) in [6.07, 6.45) is -0.580. The number of aliphatic hydroxyl groups is 1. The van der Waals surface area contributed by atoms with Crippen molar-refractivity contribution in [2.75, 3.05) is 31.5 Å². The van der Waals surface area contributed by atoms with Crippen molar-refractivity contribution in [2.24, 2.45) is 5.92 Å². The van der Waals surface area contributed by atoms with E-state index in [4.69, 9.17) is 0 Å². The van der Waals surface area contributed by atoms with E-state index in [9.17, 15) is 33.0 Å². The minimum atomic E-state index is -4.42. The summed E-state index contributed by atoms with van der Waals surface area (Å²) in [6.45, 7) is 11.1. The Labute approximate surface area is 292 Å². The molecule has 4 amide bonds. The van der Waals surface area contributed by atoms with Crippen molar-refractivity contribution in [3.8, 4) is 5.75 Å². The summed E-state index contributed by atoms with van der Waals surface area (Å²) in [4.78, 5) is 49.1. The second-order valence-corrected chi connectivity index (χ2v) is 16.2. The molecular formula is C34H46N6O7S2. The van der Waals surface area contributed by atoms with Gasteiger partial charge in [-0.05, 0) is 57.4 Å². The molecule has 4 rings (SSSR count). The van der Waals surface area contributed by atoms with E-state index in [1.54, 1.807) is 25.7 Å². The fourth-order valence-electron chi connectivity index (χ4n) is 6.10. The average Bonchev–Trinajstić information content (AvgIpc) is 3.61. The van der Waals surface area contributed by atoms with Crippen molar-refractivity contribution in [2.45, 2.75) is 77.2 Å². The van der Waals surface area contributed by atoms with Gasteiger partial charge in [0.2, 0.25) is 22.3 Å². The lowest BCUT2D eigenvalue weighted by Crippen LogP contribution is -2.67. The number of carbonyl (C=O) groups is 3. The number of aromatic hydroxyl groups is 1. The van der Waals surface area contributed by atoms with E-state index < -0.39 is 39.6 Å². The van der Waals surface area contributed by atoms with Gasteiger partial charge in [0, 0.05) is 38.1 Å². The summed E-state index contributed by atoms with van der Waals surface area (Å²) in [5, 5.41) is 25.8. The molecule has 1 fully saturated rings. The molecule has 1 saturated heterocycles. The number of urea groups is 1. The first-order valence-corrected chi connectivity index (χ1v) is 18.4. The predicted molar refractivity (Wildman–Crippen MR) is 187 cm³/mol. The van der Waals surface area contributed by atoms with Crippen molar-refractivity contribution >= 4 is 45.4 Å². The van der Waals surface area contributed by atoms with Gasteiger partial charge in [-0.25, -0.2) is 18.2 Å². The molecule has 3 aromatic rings. The zero-order valence-corrected chi connectivity index (χ0v) is 30.4. The molecule has 266 valence electrons. The first kappa shape index (κ1) is 37.8. The van der Waals surface area contributed by atoms with Gasteiger partial charge in [-0.2, -0.15) is 4.31 Å². The van der Waals surface area contributed by atoms with E-state index in [1.165, 1.54) is 37.6 Å². The van der Waals surface area contributed by atoms with Gasteiger partial charge in [-0.3, -0.25) is 9.59 Å². The van der Waals surface area contributed by atoms with E-state index in [0.29, 0.717) is 13.0 Å². The van der Waals surface area contributed by atoms with Crippen LogP contribution in [-0.2, 0) is 32.7 Å². The van der Waals surface area contributed by atoms with Crippen LogP contribution in [0.1, 0.15) is 50.9 Å². The van der Waals surface area contributed by atoms with Crippen LogP contribution in [0.3, 0.4) is 0 Å². The number of phenols is 1. The highest BCUT2D eigenvalue weighted by molar-refractivity contribution is 7.89. The Hall–Kier alpha value is -4.05. The number of nitrogens with zero attached hydrogens (tertiary/aromatic N) is 5. The molecule has 2 atom stereocenters. The highest BCUT2D eigenvalue weighted by Gasteiger charge is 2.53. The molecule has 0 radical (unpaired) electrons. The number of thiazole rings is 1. The second-order valence-electron chi connectivity index (χ2n) is 13.2. The smallest absolute Gasteiger partial charge is 0.321 e. The number of sulfonamides is 1. The third-order valence-electron chi connectivity index (χ3n) is 8.32. The van der Waals surface area contributed by atoms with Gasteiger partial charge in [-0.15, -0.1) is 11.3 Å². The van der Waals surface area contributed by atoms with Gasteiger partial charge in [0.25, 0.3) is 0 Å². The monoisotopic (exact) mass is 714 g/mol. The van der Waals surface area contributed by atoms with Crippen LogP contribution in [0, 0.1) is 12.8 Å². The number of hydrogen-bond donors (Lipinski definition) is 3. The first-order valence-electron chi connectivity index (χ1n) is 16.1. The van der Waals surface area contributed by atoms with Crippen LogP contribution < -0.4 is 5.32 Å². The number of benzene rings is 2. The van der Waals surface area contributed by atoms with E-state index in [2.05, 4.69) is 10.3 Å². The van der Waals surface area contributed by atoms with Crippen LogP contribution in [-0.4, -0.2) is 105 Å². The van der Waals surface area contributed by atoms with Gasteiger partial charge in [-0.1, -0.05) is 44.2 Å². The molecule has 3 N–H and O–H groups in total. The summed E-state index contributed by atoms with van der Waals surface area (Å²) in [5.41, 5.74) is -0.130. The minimum Gasteiger partial charge on any atom is -0.506 e. The number of aliphatic hydroxyl groups excluding tert-OH is 1. The molecule has 1 aliphatic heterocycles. The predicted octanol–water partition coefficient (Wildman–Crippen LogP) is 3.87. The number of carbonyl (C=O) groups excluding carboxylic acids is 3. The molecule has 0 bridgehead atoms. The Bertz CT molecular complexity index is 1730. The van der Waals surface area contributed by atoms with Crippen LogP contribution in [0.15, 0.2) is 58.8 Å². The van der Waals surface area contributed by atoms with E-state index in [0.717, 1.165) is 22.3 Å². The maximum atomic E-state index is 15.0. The molecule has 1 aromatic heterocycles. The average molecular weight is 715 g/mol. The lowest BCUT2D eigenvalue weighted by Gasteiger charge is -2.47. The van der Waals surface area contributed by atoms with Gasteiger partial charge in [0.15, 0.2) is 0 Å². The van der Waals surface area contributed by atoms with Crippen LogP contribution in [0.25, 0.3) is 0 Å². The molecule has 0 saturated carbocycles. The Balaban J connectivity index is 1.84. The van der Waals surface area contributed by atoms with Crippen molar-refractivity contribution in [3.05, 3.63) is 70.2 Å². The summed E-state index contributed by atoms with van der Waals surface area (Å²) in [5.74, 6) is -1.04. The molecule has 1 aliphatic rings. The van der Waals surface area contributed by atoms with Gasteiger partial charge in [0.1, 0.15) is 11.8 Å². The summed E-state index contributed by atoms with van der Waals surface area (Å²) < 4.78 is 30.4. The SMILES string of the molecule is Cc1nc(CN2CCN(C(C(=O)N(Cc3ccccc3)CC(C)O)C(C)(C)N(CC(C)C)S(=O)(=O)c3ccc(O)c(NC=O)c3)C2=O)cs1.